The summed E-state index contributed by atoms with van der Waals surface area (Å²) in [5.74, 6) is 0.488. The minimum Gasteiger partial charge on any atom is -0.390 e. The molecule has 1 aromatic heterocycles. The molecule has 0 spiro atoms. The Kier molecular flexibility index (Phi) is 5.69. The van der Waals surface area contributed by atoms with Crippen molar-refractivity contribution >= 4 is 0 Å². The van der Waals surface area contributed by atoms with E-state index in [-0.39, 0.29) is 12.0 Å². The maximum absolute atomic E-state index is 10.2. The molecule has 21 heavy (non-hydrogen) atoms. The lowest BCUT2D eigenvalue weighted by Crippen LogP contribution is -2.41. The van der Waals surface area contributed by atoms with Gasteiger partial charge in [-0.2, -0.15) is 0 Å². The van der Waals surface area contributed by atoms with Gasteiger partial charge in [0.05, 0.1) is 25.0 Å². The quantitative estimate of drug-likeness (QED) is 0.644. The smallest absolute Gasteiger partial charge is 0.108 e. The van der Waals surface area contributed by atoms with Crippen LogP contribution >= 0.6 is 0 Å². The third-order valence-corrected chi connectivity index (χ3v) is 3.89. The zero-order valence-electron chi connectivity index (χ0n) is 12.9. The van der Waals surface area contributed by atoms with E-state index >= 15 is 0 Å². The second kappa shape index (κ2) is 7.31. The topological polar surface area (TPSA) is 92.4 Å². The molecule has 0 saturated heterocycles. The van der Waals surface area contributed by atoms with Crippen LogP contribution in [0.3, 0.4) is 0 Å². The van der Waals surface area contributed by atoms with Crippen molar-refractivity contribution in [2.45, 2.75) is 51.7 Å². The number of aromatic nitrogens is 3. The van der Waals surface area contributed by atoms with E-state index in [1.54, 1.807) is 11.8 Å². The molecule has 0 bridgehead atoms. The number of rotatable bonds is 7. The lowest BCUT2D eigenvalue weighted by Gasteiger charge is -2.19. The first-order chi connectivity index (χ1) is 10.0. The number of ether oxygens (including phenoxy) is 1. The van der Waals surface area contributed by atoms with Gasteiger partial charge in [-0.15, -0.1) is 5.10 Å². The fraction of sp³-hybridized carbons (Fsp3) is 0.857. The SMILES string of the molecule is COCc1cn(C[C@H]2C[C@@H](NCC(C)C)[C@H](O)[C@@H]2O)nn1. The Hall–Kier alpha value is -1.02. The number of aliphatic hydroxyl groups excluding tert-OH is 2. The Morgan fingerprint density at radius 2 is 2.19 bits per heavy atom. The second-order valence-corrected chi connectivity index (χ2v) is 6.25. The molecular weight excluding hydrogens is 272 g/mol. The van der Waals surface area contributed by atoms with Crippen LogP contribution in [0.15, 0.2) is 6.20 Å². The van der Waals surface area contributed by atoms with Gasteiger partial charge in [-0.3, -0.25) is 4.68 Å². The highest BCUT2D eigenvalue weighted by molar-refractivity contribution is 4.96. The summed E-state index contributed by atoms with van der Waals surface area (Å²) in [6.45, 7) is 6.05. The fourth-order valence-corrected chi connectivity index (χ4v) is 2.78. The van der Waals surface area contributed by atoms with Gasteiger partial charge in [-0.05, 0) is 18.9 Å². The minimum absolute atomic E-state index is 0.0262. The van der Waals surface area contributed by atoms with Gasteiger partial charge in [0.2, 0.25) is 0 Å². The summed E-state index contributed by atoms with van der Waals surface area (Å²) < 4.78 is 6.71. The number of nitrogens with one attached hydrogen (secondary N) is 1. The molecule has 4 atom stereocenters. The van der Waals surface area contributed by atoms with Crippen molar-refractivity contribution in [3.63, 3.8) is 0 Å². The summed E-state index contributed by atoms with van der Waals surface area (Å²) in [5.41, 5.74) is 0.764. The highest BCUT2D eigenvalue weighted by Crippen LogP contribution is 2.28. The highest BCUT2D eigenvalue weighted by Gasteiger charge is 2.41. The first-order valence-corrected chi connectivity index (χ1v) is 7.48. The van der Waals surface area contributed by atoms with Gasteiger partial charge in [0.15, 0.2) is 0 Å². The van der Waals surface area contributed by atoms with Crippen molar-refractivity contribution in [3.05, 3.63) is 11.9 Å². The maximum atomic E-state index is 10.2. The zero-order valence-corrected chi connectivity index (χ0v) is 12.9. The Bertz CT molecular complexity index is 438. The molecule has 0 aliphatic heterocycles. The summed E-state index contributed by atoms with van der Waals surface area (Å²) in [6, 6.07) is -0.0608. The molecule has 1 aromatic rings. The van der Waals surface area contributed by atoms with Crippen LogP contribution in [-0.4, -0.2) is 57.1 Å². The van der Waals surface area contributed by atoms with Gasteiger partial charge in [0, 0.05) is 25.6 Å². The van der Waals surface area contributed by atoms with Crippen LogP contribution in [-0.2, 0) is 17.9 Å². The van der Waals surface area contributed by atoms with Gasteiger partial charge in [0.25, 0.3) is 0 Å². The van der Waals surface area contributed by atoms with E-state index in [0.29, 0.717) is 19.1 Å². The lowest BCUT2D eigenvalue weighted by atomic mass is 10.1. The minimum atomic E-state index is -0.732. The number of aliphatic hydroxyl groups is 2. The van der Waals surface area contributed by atoms with E-state index in [4.69, 9.17) is 4.74 Å². The van der Waals surface area contributed by atoms with Crippen molar-refractivity contribution in [1.82, 2.24) is 20.3 Å². The van der Waals surface area contributed by atoms with E-state index in [1.165, 1.54) is 0 Å². The highest BCUT2D eigenvalue weighted by atomic mass is 16.5. The van der Waals surface area contributed by atoms with Crippen LogP contribution in [0.4, 0.5) is 0 Å². The molecule has 0 radical (unpaired) electrons. The van der Waals surface area contributed by atoms with E-state index in [9.17, 15) is 10.2 Å². The molecule has 1 aliphatic carbocycles. The van der Waals surface area contributed by atoms with E-state index in [0.717, 1.165) is 18.7 Å². The first kappa shape index (κ1) is 16.4. The van der Waals surface area contributed by atoms with E-state index < -0.39 is 12.2 Å². The molecule has 1 aliphatic rings. The van der Waals surface area contributed by atoms with Crippen molar-refractivity contribution in [3.8, 4) is 0 Å². The molecule has 7 heteroatoms. The molecule has 0 aromatic carbocycles. The van der Waals surface area contributed by atoms with Crippen molar-refractivity contribution in [1.29, 1.82) is 0 Å². The van der Waals surface area contributed by atoms with Gasteiger partial charge in [-0.1, -0.05) is 19.1 Å². The zero-order chi connectivity index (χ0) is 15.4. The molecule has 1 fully saturated rings. The van der Waals surface area contributed by atoms with Crippen LogP contribution in [0.2, 0.25) is 0 Å². The number of methoxy groups -OCH3 is 1. The van der Waals surface area contributed by atoms with Crippen molar-refractivity contribution < 1.29 is 14.9 Å². The summed E-state index contributed by atoms with van der Waals surface area (Å²) in [4.78, 5) is 0. The lowest BCUT2D eigenvalue weighted by molar-refractivity contribution is 0.00716. The first-order valence-electron chi connectivity index (χ1n) is 7.48. The van der Waals surface area contributed by atoms with E-state index in [2.05, 4.69) is 29.5 Å². The normalized spacial score (nSPS) is 29.4. The molecule has 0 unspecified atom stereocenters. The second-order valence-electron chi connectivity index (χ2n) is 6.25. The van der Waals surface area contributed by atoms with Crippen molar-refractivity contribution in [2.75, 3.05) is 13.7 Å². The standard InChI is InChI=1S/C14H26N4O3/c1-9(2)5-15-12-4-10(13(19)14(12)20)6-18-7-11(8-21-3)16-17-18/h7,9-10,12-15,19-20H,4-6,8H2,1-3H3/t10-,12-,13-,14+/m1/s1. The van der Waals surface area contributed by atoms with Crippen LogP contribution in [0.1, 0.15) is 26.0 Å². The van der Waals surface area contributed by atoms with Gasteiger partial charge >= 0.3 is 0 Å². The van der Waals surface area contributed by atoms with E-state index in [1.807, 2.05) is 6.20 Å². The molecule has 1 heterocycles. The molecule has 120 valence electrons. The van der Waals surface area contributed by atoms with Crippen molar-refractivity contribution in [2.24, 2.45) is 11.8 Å². The largest absolute Gasteiger partial charge is 0.390 e. The third kappa shape index (κ3) is 4.23. The van der Waals surface area contributed by atoms with Crippen LogP contribution in [0.25, 0.3) is 0 Å². The fourth-order valence-electron chi connectivity index (χ4n) is 2.78. The third-order valence-electron chi connectivity index (χ3n) is 3.89. The van der Waals surface area contributed by atoms with Crippen LogP contribution < -0.4 is 5.32 Å². The van der Waals surface area contributed by atoms with Gasteiger partial charge in [-0.25, -0.2) is 0 Å². The average Bonchev–Trinajstić information content (AvgIpc) is 2.97. The summed E-state index contributed by atoms with van der Waals surface area (Å²) in [5, 5.41) is 31.7. The predicted octanol–water partition coefficient (Wildman–Crippen LogP) is -0.220. The Morgan fingerprint density at radius 1 is 1.43 bits per heavy atom. The predicted molar refractivity (Wildman–Crippen MR) is 77.5 cm³/mol. The Labute approximate surface area is 125 Å². The summed E-state index contributed by atoms with van der Waals surface area (Å²) >= 11 is 0. The average molecular weight is 298 g/mol. The summed E-state index contributed by atoms with van der Waals surface area (Å²) in [6.07, 6.45) is 1.09. The molecule has 3 N–H and O–H groups in total. The molecular formula is C14H26N4O3. The maximum Gasteiger partial charge on any atom is 0.108 e. The Morgan fingerprint density at radius 3 is 2.86 bits per heavy atom. The number of hydrogen-bond acceptors (Lipinski definition) is 6. The van der Waals surface area contributed by atoms with Gasteiger partial charge in [0.1, 0.15) is 5.69 Å². The van der Waals surface area contributed by atoms with Gasteiger partial charge < -0.3 is 20.3 Å². The molecule has 7 nitrogen and oxygen atoms in total. The molecule has 1 saturated carbocycles. The monoisotopic (exact) mass is 298 g/mol. The van der Waals surface area contributed by atoms with Crippen LogP contribution in [0.5, 0.6) is 0 Å². The Balaban J connectivity index is 1.90. The van der Waals surface area contributed by atoms with Crippen LogP contribution in [0, 0.1) is 11.8 Å². The number of hydrogen-bond donors (Lipinski definition) is 3. The molecule has 2 rings (SSSR count). The summed E-state index contributed by atoms with van der Waals surface area (Å²) in [7, 11) is 1.61. The number of nitrogens with zero attached hydrogens (tertiary/aromatic N) is 3. The molecule has 0 amide bonds.